The van der Waals surface area contributed by atoms with Crippen LogP contribution in [0, 0.1) is 0 Å². The average Bonchev–Trinajstić information content (AvgIpc) is 2.47. The van der Waals surface area contributed by atoms with E-state index in [4.69, 9.17) is 10.2 Å². The Morgan fingerprint density at radius 1 is 0.952 bits per heavy atom. The van der Waals surface area contributed by atoms with Gasteiger partial charge in [-0.05, 0) is 47.7 Å². The highest BCUT2D eigenvalue weighted by Gasteiger charge is 2.11. The molecule has 1 unspecified atom stereocenters. The van der Waals surface area contributed by atoms with Crippen LogP contribution >= 0.6 is 0 Å². The van der Waals surface area contributed by atoms with Crippen LogP contribution in [0.1, 0.15) is 44.7 Å². The summed E-state index contributed by atoms with van der Waals surface area (Å²) < 4.78 is 0. The molecule has 0 saturated carbocycles. The highest BCUT2D eigenvalue weighted by molar-refractivity contribution is 5.88. The van der Waals surface area contributed by atoms with Gasteiger partial charge in [0.2, 0.25) is 0 Å². The number of aromatic carboxylic acids is 2. The van der Waals surface area contributed by atoms with Crippen LogP contribution in [-0.4, -0.2) is 22.2 Å². The molecule has 0 amide bonds. The lowest BCUT2D eigenvalue weighted by atomic mass is 9.92. The summed E-state index contributed by atoms with van der Waals surface area (Å²) in [6, 6.07) is 13.6. The third kappa shape index (κ3) is 3.69. The predicted molar refractivity (Wildman–Crippen MR) is 78.9 cm³/mol. The van der Waals surface area contributed by atoms with E-state index in [-0.39, 0.29) is 17.0 Å². The van der Waals surface area contributed by atoms with Gasteiger partial charge in [-0.2, -0.15) is 0 Å². The van der Waals surface area contributed by atoms with Crippen molar-refractivity contribution in [2.75, 3.05) is 0 Å². The van der Waals surface area contributed by atoms with Crippen molar-refractivity contribution in [3.8, 4) is 0 Å². The lowest BCUT2D eigenvalue weighted by molar-refractivity contribution is 0.0686. The van der Waals surface area contributed by atoms with Crippen LogP contribution < -0.4 is 0 Å². The molecular formula is C17H16O4. The van der Waals surface area contributed by atoms with Crippen molar-refractivity contribution in [1.29, 1.82) is 0 Å². The molecule has 0 bridgehead atoms. The molecule has 0 aliphatic heterocycles. The summed E-state index contributed by atoms with van der Waals surface area (Å²) in [6.45, 7) is 1.99. The third-order valence-corrected chi connectivity index (χ3v) is 3.42. The van der Waals surface area contributed by atoms with E-state index in [1.165, 1.54) is 0 Å². The zero-order chi connectivity index (χ0) is 15.4. The van der Waals surface area contributed by atoms with E-state index < -0.39 is 11.9 Å². The molecule has 0 fully saturated rings. The summed E-state index contributed by atoms with van der Waals surface area (Å²) in [6.07, 6.45) is 0.657. The maximum Gasteiger partial charge on any atom is 0.335 e. The van der Waals surface area contributed by atoms with E-state index in [0.717, 1.165) is 11.1 Å². The molecule has 2 aromatic carbocycles. The lowest BCUT2D eigenvalue weighted by Crippen LogP contribution is -2.03. The molecule has 0 radical (unpaired) electrons. The summed E-state index contributed by atoms with van der Waals surface area (Å²) in [7, 11) is 0. The fourth-order valence-electron chi connectivity index (χ4n) is 2.28. The minimum absolute atomic E-state index is 0.105. The average molecular weight is 284 g/mol. The van der Waals surface area contributed by atoms with Crippen LogP contribution in [0.25, 0.3) is 0 Å². The predicted octanol–water partition coefficient (Wildman–Crippen LogP) is 3.43. The van der Waals surface area contributed by atoms with Crippen molar-refractivity contribution in [3.05, 3.63) is 70.8 Å². The first-order chi connectivity index (χ1) is 9.97. The highest BCUT2D eigenvalue weighted by atomic mass is 16.4. The van der Waals surface area contributed by atoms with Crippen molar-refractivity contribution in [3.63, 3.8) is 0 Å². The molecule has 4 nitrogen and oxygen atoms in total. The lowest BCUT2D eigenvalue weighted by Gasteiger charge is -2.13. The first kappa shape index (κ1) is 14.8. The molecule has 2 N–H and O–H groups in total. The quantitative estimate of drug-likeness (QED) is 0.882. The summed E-state index contributed by atoms with van der Waals surface area (Å²) in [5, 5.41) is 18.0. The molecule has 2 rings (SSSR count). The van der Waals surface area contributed by atoms with Gasteiger partial charge in [-0.3, -0.25) is 0 Å². The molecule has 0 heterocycles. The van der Waals surface area contributed by atoms with E-state index in [0.29, 0.717) is 6.42 Å². The highest BCUT2D eigenvalue weighted by Crippen LogP contribution is 2.22. The van der Waals surface area contributed by atoms with Gasteiger partial charge in [0.1, 0.15) is 0 Å². The minimum Gasteiger partial charge on any atom is -0.478 e. The van der Waals surface area contributed by atoms with Gasteiger partial charge >= 0.3 is 11.9 Å². The Morgan fingerprint density at radius 2 is 1.52 bits per heavy atom. The standard InChI is InChI=1S/C17H16O4/c1-11(13-5-3-7-15(10-13)17(20)21)8-12-4-2-6-14(9-12)16(18)19/h2-7,9-11H,8H2,1H3,(H,18,19)(H,20,21). The van der Waals surface area contributed by atoms with E-state index in [2.05, 4.69) is 0 Å². The van der Waals surface area contributed by atoms with Gasteiger partial charge in [0.15, 0.2) is 0 Å². The van der Waals surface area contributed by atoms with Crippen molar-refractivity contribution in [2.24, 2.45) is 0 Å². The molecule has 0 aliphatic carbocycles. The van der Waals surface area contributed by atoms with Gasteiger partial charge < -0.3 is 10.2 Å². The molecular weight excluding hydrogens is 268 g/mol. The Labute approximate surface area is 122 Å². The number of hydrogen-bond donors (Lipinski definition) is 2. The van der Waals surface area contributed by atoms with Gasteiger partial charge in [-0.1, -0.05) is 31.2 Å². The van der Waals surface area contributed by atoms with Gasteiger partial charge in [0, 0.05) is 0 Å². The molecule has 4 heteroatoms. The maximum absolute atomic E-state index is 11.0. The smallest absolute Gasteiger partial charge is 0.335 e. The monoisotopic (exact) mass is 284 g/mol. The second kappa shape index (κ2) is 6.22. The molecule has 0 aliphatic rings. The third-order valence-electron chi connectivity index (χ3n) is 3.42. The zero-order valence-electron chi connectivity index (χ0n) is 11.6. The van der Waals surface area contributed by atoms with E-state index in [9.17, 15) is 9.59 Å². The Morgan fingerprint density at radius 3 is 2.14 bits per heavy atom. The van der Waals surface area contributed by atoms with Crippen LogP contribution in [0.3, 0.4) is 0 Å². The van der Waals surface area contributed by atoms with Crippen molar-refractivity contribution < 1.29 is 19.8 Å². The Hall–Kier alpha value is -2.62. The number of carboxylic acid groups (broad SMARTS) is 2. The van der Waals surface area contributed by atoms with Gasteiger partial charge in [-0.25, -0.2) is 9.59 Å². The normalized spacial score (nSPS) is 11.9. The summed E-state index contributed by atoms with van der Waals surface area (Å²) in [5.74, 6) is -1.79. The largest absolute Gasteiger partial charge is 0.478 e. The molecule has 0 aromatic heterocycles. The SMILES string of the molecule is CC(Cc1cccc(C(=O)O)c1)c1cccc(C(=O)O)c1. The van der Waals surface area contributed by atoms with Crippen molar-refractivity contribution in [1.82, 2.24) is 0 Å². The second-order valence-electron chi connectivity index (χ2n) is 5.04. The zero-order valence-corrected chi connectivity index (χ0v) is 11.6. The Bertz CT molecular complexity index is 676. The Kier molecular flexibility index (Phi) is 4.38. The molecule has 0 saturated heterocycles. The topological polar surface area (TPSA) is 74.6 Å². The molecule has 21 heavy (non-hydrogen) atoms. The second-order valence-corrected chi connectivity index (χ2v) is 5.04. The summed E-state index contributed by atoms with van der Waals surface area (Å²) >= 11 is 0. The molecule has 2 aromatic rings. The first-order valence-corrected chi connectivity index (χ1v) is 6.63. The molecule has 1 atom stereocenters. The van der Waals surface area contributed by atoms with Crippen molar-refractivity contribution >= 4 is 11.9 Å². The van der Waals surface area contributed by atoms with Crippen LogP contribution in [0.4, 0.5) is 0 Å². The minimum atomic E-state index is -0.947. The number of rotatable bonds is 5. The van der Waals surface area contributed by atoms with E-state index in [1.54, 1.807) is 36.4 Å². The van der Waals surface area contributed by atoms with Gasteiger partial charge in [-0.15, -0.1) is 0 Å². The molecule has 108 valence electrons. The van der Waals surface area contributed by atoms with Crippen LogP contribution in [0.5, 0.6) is 0 Å². The number of benzene rings is 2. The summed E-state index contributed by atoms with van der Waals surface area (Å²) in [4.78, 5) is 22.0. The summed E-state index contributed by atoms with van der Waals surface area (Å²) in [5.41, 5.74) is 2.37. The fourth-order valence-corrected chi connectivity index (χ4v) is 2.28. The number of carbonyl (C=O) groups is 2. The Balaban J connectivity index is 2.19. The molecule has 0 spiro atoms. The van der Waals surface area contributed by atoms with Crippen LogP contribution in [0.2, 0.25) is 0 Å². The van der Waals surface area contributed by atoms with E-state index >= 15 is 0 Å². The van der Waals surface area contributed by atoms with Gasteiger partial charge in [0.25, 0.3) is 0 Å². The maximum atomic E-state index is 11.0. The fraction of sp³-hybridized carbons (Fsp3) is 0.176. The van der Waals surface area contributed by atoms with Crippen LogP contribution in [0.15, 0.2) is 48.5 Å². The number of carboxylic acids is 2. The van der Waals surface area contributed by atoms with E-state index in [1.807, 2.05) is 19.1 Å². The van der Waals surface area contributed by atoms with Gasteiger partial charge in [0.05, 0.1) is 11.1 Å². The number of hydrogen-bond acceptors (Lipinski definition) is 2. The van der Waals surface area contributed by atoms with Crippen molar-refractivity contribution in [2.45, 2.75) is 19.3 Å². The first-order valence-electron chi connectivity index (χ1n) is 6.63. The van der Waals surface area contributed by atoms with Crippen LogP contribution in [-0.2, 0) is 6.42 Å².